The summed E-state index contributed by atoms with van der Waals surface area (Å²) in [5.41, 5.74) is 1.90. The molecule has 0 bridgehead atoms. The summed E-state index contributed by atoms with van der Waals surface area (Å²) >= 11 is 0. The number of ether oxygens (including phenoxy) is 1. The van der Waals surface area contributed by atoms with Crippen LogP contribution in [0.3, 0.4) is 0 Å². The Morgan fingerprint density at radius 1 is 1.17 bits per heavy atom. The van der Waals surface area contributed by atoms with Crippen LogP contribution in [-0.2, 0) is 14.8 Å². The second-order valence-electron chi connectivity index (χ2n) is 6.50. The van der Waals surface area contributed by atoms with E-state index in [9.17, 15) is 13.2 Å². The van der Waals surface area contributed by atoms with Crippen molar-refractivity contribution in [2.45, 2.75) is 31.6 Å². The number of sulfonamides is 1. The van der Waals surface area contributed by atoms with Gasteiger partial charge in [0.15, 0.2) is 0 Å². The molecule has 0 saturated carbocycles. The average molecular weight is 354 g/mol. The topological polar surface area (TPSA) is 66.9 Å². The molecule has 0 N–H and O–H groups in total. The number of hydrogen-bond donors (Lipinski definition) is 0. The van der Waals surface area contributed by atoms with Crippen LogP contribution in [0.5, 0.6) is 5.75 Å². The molecule has 0 aromatic heterocycles. The van der Waals surface area contributed by atoms with Crippen LogP contribution in [0.15, 0.2) is 17.0 Å². The molecule has 1 aliphatic heterocycles. The van der Waals surface area contributed by atoms with E-state index in [1.807, 2.05) is 13.8 Å². The smallest absolute Gasteiger partial charge is 0.246 e. The first-order valence-electron chi connectivity index (χ1n) is 8.05. The molecule has 1 aromatic rings. The number of carbonyl (C=O) groups is 1. The molecule has 0 aliphatic carbocycles. The van der Waals surface area contributed by atoms with E-state index in [1.54, 1.807) is 31.1 Å². The van der Waals surface area contributed by atoms with Crippen LogP contribution < -0.4 is 4.74 Å². The molecule has 6 nitrogen and oxygen atoms in total. The highest BCUT2D eigenvalue weighted by atomic mass is 32.2. The van der Waals surface area contributed by atoms with Crippen LogP contribution in [0.2, 0.25) is 0 Å². The summed E-state index contributed by atoms with van der Waals surface area (Å²) in [6, 6.07) is 3.42. The van der Waals surface area contributed by atoms with Crippen LogP contribution in [0.4, 0.5) is 0 Å². The quantitative estimate of drug-likeness (QED) is 0.827. The lowest BCUT2D eigenvalue weighted by atomic mass is 9.97. The van der Waals surface area contributed by atoms with Crippen LogP contribution in [0, 0.1) is 19.8 Å². The normalized spacial score (nSPS) is 16.9. The molecule has 0 unspecified atom stereocenters. The second-order valence-corrected chi connectivity index (χ2v) is 8.40. The molecule has 1 aromatic carbocycles. The molecule has 1 aliphatic rings. The van der Waals surface area contributed by atoms with E-state index in [0.29, 0.717) is 31.7 Å². The van der Waals surface area contributed by atoms with Gasteiger partial charge in [-0.15, -0.1) is 0 Å². The third-order valence-corrected chi connectivity index (χ3v) is 6.56. The molecule has 7 heteroatoms. The summed E-state index contributed by atoms with van der Waals surface area (Å²) in [4.78, 5) is 13.8. The van der Waals surface area contributed by atoms with E-state index < -0.39 is 10.0 Å². The van der Waals surface area contributed by atoms with Crippen LogP contribution >= 0.6 is 0 Å². The van der Waals surface area contributed by atoms with Crippen LogP contribution in [-0.4, -0.2) is 57.8 Å². The van der Waals surface area contributed by atoms with Gasteiger partial charge in [-0.25, -0.2) is 8.42 Å². The lowest BCUT2D eigenvalue weighted by Crippen LogP contribution is -2.42. The number of methoxy groups -OCH3 is 1. The zero-order valence-corrected chi connectivity index (χ0v) is 15.8. The number of aryl methyl sites for hydroxylation is 2. The molecule has 134 valence electrons. The lowest BCUT2D eigenvalue weighted by molar-refractivity contribution is -0.134. The first kappa shape index (κ1) is 18.7. The number of hydrogen-bond acceptors (Lipinski definition) is 4. The van der Waals surface area contributed by atoms with Crippen molar-refractivity contribution < 1.29 is 17.9 Å². The third-order valence-electron chi connectivity index (χ3n) is 4.64. The fourth-order valence-electron chi connectivity index (χ4n) is 2.97. The molecular formula is C17H26N2O4S. The summed E-state index contributed by atoms with van der Waals surface area (Å²) in [7, 11) is 1.30. The molecule has 1 amide bonds. The highest BCUT2D eigenvalue weighted by Gasteiger charge is 2.34. The van der Waals surface area contributed by atoms with Crippen molar-refractivity contribution in [1.29, 1.82) is 0 Å². The molecular weight excluding hydrogens is 328 g/mol. The summed E-state index contributed by atoms with van der Waals surface area (Å²) in [6.07, 6.45) is 1.09. The third kappa shape index (κ3) is 3.57. The summed E-state index contributed by atoms with van der Waals surface area (Å²) in [6.45, 7) is 4.51. The summed E-state index contributed by atoms with van der Waals surface area (Å²) < 4.78 is 32.7. The van der Waals surface area contributed by atoms with Gasteiger partial charge in [-0.2, -0.15) is 4.31 Å². The molecule has 1 fully saturated rings. The zero-order valence-electron chi connectivity index (χ0n) is 15.0. The number of carbonyl (C=O) groups excluding carboxylic acids is 1. The predicted octanol–water partition coefficient (Wildman–Crippen LogP) is 1.80. The lowest BCUT2D eigenvalue weighted by Gasteiger charge is -2.32. The molecule has 0 spiro atoms. The van der Waals surface area contributed by atoms with E-state index in [1.165, 1.54) is 11.4 Å². The molecule has 1 heterocycles. The predicted molar refractivity (Wildman–Crippen MR) is 92.6 cm³/mol. The van der Waals surface area contributed by atoms with Crippen LogP contribution in [0.1, 0.15) is 24.0 Å². The molecule has 24 heavy (non-hydrogen) atoms. The summed E-state index contributed by atoms with van der Waals surface area (Å²) in [5, 5.41) is 0. The largest absolute Gasteiger partial charge is 0.495 e. The number of amides is 1. The highest BCUT2D eigenvalue weighted by Crippen LogP contribution is 2.32. The Bertz CT molecular complexity index is 720. The van der Waals surface area contributed by atoms with Crippen molar-refractivity contribution in [2.24, 2.45) is 5.92 Å². The fraction of sp³-hybridized carbons (Fsp3) is 0.588. The van der Waals surface area contributed by atoms with E-state index in [4.69, 9.17) is 4.74 Å². The van der Waals surface area contributed by atoms with Crippen molar-refractivity contribution in [3.63, 3.8) is 0 Å². The van der Waals surface area contributed by atoms with Gasteiger partial charge in [0, 0.05) is 33.1 Å². The standard InChI is InChI=1S/C17H26N2O4S/c1-12-10-15(23-5)16(11-13(12)2)24(21,22)19-8-6-14(7-9-19)17(20)18(3)4/h10-11,14H,6-9H2,1-5H3. The van der Waals surface area contributed by atoms with Crippen molar-refractivity contribution >= 4 is 15.9 Å². The zero-order chi connectivity index (χ0) is 18.1. The Hall–Kier alpha value is -1.60. The van der Waals surface area contributed by atoms with E-state index in [-0.39, 0.29) is 16.7 Å². The van der Waals surface area contributed by atoms with Gasteiger partial charge in [0.25, 0.3) is 0 Å². The first-order valence-corrected chi connectivity index (χ1v) is 9.49. The number of benzene rings is 1. The van der Waals surface area contributed by atoms with Gasteiger partial charge in [-0.05, 0) is 49.9 Å². The minimum Gasteiger partial charge on any atom is -0.495 e. The number of nitrogens with zero attached hydrogens (tertiary/aromatic N) is 2. The number of piperidine rings is 1. The minimum absolute atomic E-state index is 0.0656. The Morgan fingerprint density at radius 3 is 2.21 bits per heavy atom. The number of rotatable bonds is 4. The highest BCUT2D eigenvalue weighted by molar-refractivity contribution is 7.89. The maximum absolute atomic E-state index is 13.0. The van der Waals surface area contributed by atoms with Gasteiger partial charge in [0.1, 0.15) is 10.6 Å². The first-order chi connectivity index (χ1) is 11.2. The van der Waals surface area contributed by atoms with Crippen molar-refractivity contribution in [3.05, 3.63) is 23.3 Å². The van der Waals surface area contributed by atoms with Gasteiger partial charge >= 0.3 is 0 Å². The van der Waals surface area contributed by atoms with Crippen molar-refractivity contribution in [2.75, 3.05) is 34.3 Å². The molecule has 0 radical (unpaired) electrons. The van der Waals surface area contributed by atoms with E-state index >= 15 is 0 Å². The average Bonchev–Trinajstić information content (AvgIpc) is 2.56. The molecule has 0 atom stereocenters. The van der Waals surface area contributed by atoms with Gasteiger partial charge in [-0.1, -0.05) is 0 Å². The Kier molecular flexibility index (Phi) is 5.55. The van der Waals surface area contributed by atoms with Crippen LogP contribution in [0.25, 0.3) is 0 Å². The Morgan fingerprint density at radius 2 is 1.71 bits per heavy atom. The second kappa shape index (κ2) is 7.11. The van der Waals surface area contributed by atoms with Gasteiger partial charge in [-0.3, -0.25) is 4.79 Å². The maximum atomic E-state index is 13.0. The minimum atomic E-state index is -3.63. The van der Waals surface area contributed by atoms with E-state index in [2.05, 4.69) is 0 Å². The SMILES string of the molecule is COc1cc(C)c(C)cc1S(=O)(=O)N1CCC(C(=O)N(C)C)CC1. The fourth-order valence-corrected chi connectivity index (χ4v) is 4.66. The van der Waals surface area contributed by atoms with Gasteiger partial charge in [0.05, 0.1) is 7.11 Å². The molecule has 2 rings (SSSR count). The maximum Gasteiger partial charge on any atom is 0.246 e. The molecule has 1 saturated heterocycles. The monoisotopic (exact) mass is 354 g/mol. The summed E-state index contributed by atoms with van der Waals surface area (Å²) in [5.74, 6) is 0.327. The van der Waals surface area contributed by atoms with Crippen molar-refractivity contribution in [1.82, 2.24) is 9.21 Å². The van der Waals surface area contributed by atoms with E-state index in [0.717, 1.165) is 11.1 Å². The van der Waals surface area contributed by atoms with Crippen molar-refractivity contribution in [3.8, 4) is 5.75 Å². The Balaban J connectivity index is 2.24. The van der Waals surface area contributed by atoms with Gasteiger partial charge < -0.3 is 9.64 Å². The Labute approximate surface area is 144 Å². The van der Waals surface area contributed by atoms with Gasteiger partial charge in [0.2, 0.25) is 15.9 Å².